The van der Waals surface area contributed by atoms with Crippen molar-refractivity contribution in [1.29, 1.82) is 0 Å². The van der Waals surface area contributed by atoms with Gasteiger partial charge in [-0.05, 0) is 30.5 Å². The second-order valence-electron chi connectivity index (χ2n) is 4.37. The van der Waals surface area contributed by atoms with E-state index in [1.54, 1.807) is 6.07 Å². The maximum absolute atomic E-state index is 13.4. The fourth-order valence-electron chi connectivity index (χ4n) is 2.31. The van der Waals surface area contributed by atoms with Gasteiger partial charge in [0.25, 0.3) is 0 Å². The molecule has 4 heteroatoms. The van der Waals surface area contributed by atoms with Crippen LogP contribution in [0.15, 0.2) is 12.1 Å². The summed E-state index contributed by atoms with van der Waals surface area (Å²) in [6, 6.07) is 2.99. The van der Waals surface area contributed by atoms with Crippen LogP contribution >= 0.6 is 0 Å². The Balaban J connectivity index is 2.45. The molecule has 0 heterocycles. The summed E-state index contributed by atoms with van der Waals surface area (Å²) in [7, 11) is 1.37. The van der Waals surface area contributed by atoms with E-state index in [1.165, 1.54) is 13.2 Å². The molecule has 1 fully saturated rings. The lowest BCUT2D eigenvalue weighted by atomic mass is 9.89. The Labute approximate surface area is 94.0 Å². The normalized spacial score (nSPS) is 18.7. The third-order valence-corrected chi connectivity index (χ3v) is 3.31. The minimum Gasteiger partial charge on any atom is -0.505 e. The molecular formula is C12H16FNO2. The van der Waals surface area contributed by atoms with Crippen molar-refractivity contribution < 1.29 is 14.2 Å². The number of phenols is 1. The highest BCUT2D eigenvalue weighted by Crippen LogP contribution is 2.40. The molecule has 0 aromatic heterocycles. The molecule has 0 spiro atoms. The number of phenolic OH excluding ortho intramolecular Hbond substituents is 1. The highest BCUT2D eigenvalue weighted by atomic mass is 19.1. The van der Waals surface area contributed by atoms with E-state index >= 15 is 0 Å². The molecule has 0 bridgehead atoms. The fourth-order valence-corrected chi connectivity index (χ4v) is 2.31. The Kier molecular flexibility index (Phi) is 2.76. The van der Waals surface area contributed by atoms with Gasteiger partial charge in [-0.1, -0.05) is 12.8 Å². The third-order valence-electron chi connectivity index (χ3n) is 3.31. The van der Waals surface area contributed by atoms with Gasteiger partial charge in [0.2, 0.25) is 5.82 Å². The summed E-state index contributed by atoms with van der Waals surface area (Å²) in [5.74, 6) is -1.08. The lowest BCUT2D eigenvalue weighted by molar-refractivity contribution is 0.358. The first-order valence-corrected chi connectivity index (χ1v) is 5.43. The van der Waals surface area contributed by atoms with Gasteiger partial charge in [-0.2, -0.15) is 4.39 Å². The molecule has 16 heavy (non-hydrogen) atoms. The average Bonchev–Trinajstić information content (AvgIpc) is 2.70. The van der Waals surface area contributed by atoms with E-state index in [-0.39, 0.29) is 5.75 Å². The van der Waals surface area contributed by atoms with Crippen LogP contribution in [0, 0.1) is 5.82 Å². The molecule has 0 unspecified atom stereocenters. The Morgan fingerprint density at radius 3 is 2.56 bits per heavy atom. The van der Waals surface area contributed by atoms with Crippen molar-refractivity contribution in [3.63, 3.8) is 0 Å². The highest BCUT2D eigenvalue weighted by molar-refractivity contribution is 5.42. The quantitative estimate of drug-likeness (QED) is 0.811. The second kappa shape index (κ2) is 3.94. The van der Waals surface area contributed by atoms with Gasteiger partial charge in [0.05, 0.1) is 7.11 Å². The maximum Gasteiger partial charge on any atom is 0.206 e. The largest absolute Gasteiger partial charge is 0.505 e. The minimum absolute atomic E-state index is 0.0479. The van der Waals surface area contributed by atoms with Crippen LogP contribution < -0.4 is 10.5 Å². The predicted molar refractivity (Wildman–Crippen MR) is 59.0 cm³/mol. The number of hydrogen-bond donors (Lipinski definition) is 2. The zero-order valence-corrected chi connectivity index (χ0v) is 9.29. The third kappa shape index (κ3) is 1.73. The van der Waals surface area contributed by atoms with E-state index in [0.29, 0.717) is 0 Å². The van der Waals surface area contributed by atoms with Gasteiger partial charge in [-0.15, -0.1) is 0 Å². The molecule has 1 aliphatic carbocycles. The lowest BCUT2D eigenvalue weighted by Gasteiger charge is -2.25. The SMILES string of the molecule is COc1cc(C2(N)CCCC2)cc(O)c1F. The fraction of sp³-hybridized carbons (Fsp3) is 0.500. The maximum atomic E-state index is 13.4. The summed E-state index contributed by atoms with van der Waals surface area (Å²) in [5.41, 5.74) is 6.54. The standard InChI is InChI=1S/C12H16FNO2/c1-16-10-7-8(6-9(15)11(10)13)12(14)4-2-3-5-12/h6-7,15H,2-5,14H2,1H3. The van der Waals surface area contributed by atoms with Crippen LogP contribution in [0.5, 0.6) is 11.5 Å². The van der Waals surface area contributed by atoms with Crippen LogP contribution in [-0.4, -0.2) is 12.2 Å². The van der Waals surface area contributed by atoms with Crippen molar-refractivity contribution in [2.45, 2.75) is 31.2 Å². The summed E-state index contributed by atoms with van der Waals surface area (Å²) in [4.78, 5) is 0. The van der Waals surface area contributed by atoms with Crippen molar-refractivity contribution in [3.05, 3.63) is 23.5 Å². The number of aromatic hydroxyl groups is 1. The van der Waals surface area contributed by atoms with Crippen LogP contribution in [0.2, 0.25) is 0 Å². The smallest absolute Gasteiger partial charge is 0.206 e. The number of rotatable bonds is 2. The monoisotopic (exact) mass is 225 g/mol. The first kappa shape index (κ1) is 11.2. The minimum atomic E-state index is -0.729. The van der Waals surface area contributed by atoms with Gasteiger partial charge in [0, 0.05) is 5.54 Å². The molecule has 3 N–H and O–H groups in total. The van der Waals surface area contributed by atoms with Gasteiger partial charge >= 0.3 is 0 Å². The van der Waals surface area contributed by atoms with Crippen molar-refractivity contribution in [2.24, 2.45) is 5.73 Å². The Morgan fingerprint density at radius 1 is 1.38 bits per heavy atom. The molecule has 3 nitrogen and oxygen atoms in total. The molecule has 0 atom stereocenters. The molecule has 0 amide bonds. The molecule has 1 aromatic carbocycles. The zero-order chi connectivity index (χ0) is 11.8. The molecule has 88 valence electrons. The van der Waals surface area contributed by atoms with E-state index in [9.17, 15) is 9.50 Å². The van der Waals surface area contributed by atoms with Crippen LogP contribution in [0.4, 0.5) is 4.39 Å². The lowest BCUT2D eigenvalue weighted by Crippen LogP contribution is -2.33. The van der Waals surface area contributed by atoms with Crippen molar-refractivity contribution in [3.8, 4) is 11.5 Å². The van der Waals surface area contributed by atoms with E-state index in [1.807, 2.05) is 0 Å². The Bertz CT molecular complexity index is 400. The molecule has 2 rings (SSSR count). The summed E-state index contributed by atoms with van der Waals surface area (Å²) >= 11 is 0. The summed E-state index contributed by atoms with van der Waals surface area (Å²) in [5, 5.41) is 9.48. The van der Waals surface area contributed by atoms with E-state index in [2.05, 4.69) is 0 Å². The zero-order valence-electron chi connectivity index (χ0n) is 9.29. The molecule has 0 saturated heterocycles. The van der Waals surface area contributed by atoms with Crippen molar-refractivity contribution >= 4 is 0 Å². The number of hydrogen-bond acceptors (Lipinski definition) is 3. The Hall–Kier alpha value is -1.29. The summed E-state index contributed by atoms with van der Waals surface area (Å²) in [6.45, 7) is 0. The van der Waals surface area contributed by atoms with E-state index in [0.717, 1.165) is 31.2 Å². The number of halogens is 1. The van der Waals surface area contributed by atoms with E-state index < -0.39 is 17.1 Å². The van der Waals surface area contributed by atoms with Gasteiger partial charge < -0.3 is 15.6 Å². The molecule has 0 radical (unpaired) electrons. The number of benzene rings is 1. The number of nitrogens with two attached hydrogens (primary N) is 1. The second-order valence-corrected chi connectivity index (χ2v) is 4.37. The summed E-state index contributed by atoms with van der Waals surface area (Å²) < 4.78 is 18.3. The molecule has 1 saturated carbocycles. The van der Waals surface area contributed by atoms with Crippen LogP contribution in [0.3, 0.4) is 0 Å². The number of methoxy groups -OCH3 is 1. The van der Waals surface area contributed by atoms with Crippen LogP contribution in [0.1, 0.15) is 31.2 Å². The number of ether oxygens (including phenoxy) is 1. The first-order valence-electron chi connectivity index (χ1n) is 5.43. The van der Waals surface area contributed by atoms with Gasteiger partial charge in [-0.25, -0.2) is 0 Å². The Morgan fingerprint density at radius 2 is 2.00 bits per heavy atom. The molecular weight excluding hydrogens is 209 g/mol. The van der Waals surface area contributed by atoms with Crippen LogP contribution in [-0.2, 0) is 5.54 Å². The summed E-state index contributed by atoms with van der Waals surface area (Å²) in [6.07, 6.45) is 3.86. The van der Waals surface area contributed by atoms with Gasteiger partial charge in [0.15, 0.2) is 11.5 Å². The topological polar surface area (TPSA) is 55.5 Å². The average molecular weight is 225 g/mol. The van der Waals surface area contributed by atoms with Crippen molar-refractivity contribution in [2.75, 3.05) is 7.11 Å². The van der Waals surface area contributed by atoms with Gasteiger partial charge in [-0.3, -0.25) is 0 Å². The predicted octanol–water partition coefficient (Wildman–Crippen LogP) is 2.27. The molecule has 1 aromatic rings. The van der Waals surface area contributed by atoms with E-state index in [4.69, 9.17) is 10.5 Å². The van der Waals surface area contributed by atoms with Gasteiger partial charge in [0.1, 0.15) is 0 Å². The van der Waals surface area contributed by atoms with Crippen LogP contribution in [0.25, 0.3) is 0 Å². The highest BCUT2D eigenvalue weighted by Gasteiger charge is 2.32. The van der Waals surface area contributed by atoms with Crippen molar-refractivity contribution in [1.82, 2.24) is 0 Å². The first-order chi connectivity index (χ1) is 7.57. The molecule has 0 aliphatic heterocycles. The molecule has 1 aliphatic rings.